The summed E-state index contributed by atoms with van der Waals surface area (Å²) in [6, 6.07) is 6.77. The first-order chi connectivity index (χ1) is 8.20. The van der Waals surface area contributed by atoms with Gasteiger partial charge < -0.3 is 5.32 Å². The fourth-order valence-electron chi connectivity index (χ4n) is 2.87. The highest BCUT2D eigenvalue weighted by atomic mass is 32.2. The molecule has 0 amide bonds. The molecule has 1 aliphatic rings. The second-order valence-electron chi connectivity index (χ2n) is 5.20. The lowest BCUT2D eigenvalue weighted by Gasteiger charge is -2.38. The van der Waals surface area contributed by atoms with E-state index in [1.165, 1.54) is 12.8 Å². The Morgan fingerprint density at radius 1 is 1.29 bits per heavy atom. The molecule has 1 N–H and O–H groups in total. The van der Waals surface area contributed by atoms with Crippen LogP contribution in [0.25, 0.3) is 0 Å². The van der Waals surface area contributed by atoms with Crippen LogP contribution in [0.3, 0.4) is 0 Å². The van der Waals surface area contributed by atoms with E-state index < -0.39 is 0 Å². The fourth-order valence-corrected chi connectivity index (χ4v) is 4.18. The minimum atomic E-state index is 0.612. The number of nitrogens with zero attached hydrogens (tertiary/aromatic N) is 1. The van der Waals surface area contributed by atoms with Gasteiger partial charge in [-0.25, -0.2) is 4.98 Å². The van der Waals surface area contributed by atoms with Gasteiger partial charge in [-0.2, -0.15) is 0 Å². The molecule has 2 rings (SSSR count). The van der Waals surface area contributed by atoms with Crippen LogP contribution in [0.2, 0.25) is 0 Å². The van der Waals surface area contributed by atoms with Crippen LogP contribution in [0.15, 0.2) is 29.4 Å². The van der Waals surface area contributed by atoms with Gasteiger partial charge >= 0.3 is 0 Å². The van der Waals surface area contributed by atoms with Crippen LogP contribution < -0.4 is 5.32 Å². The Morgan fingerprint density at radius 2 is 2.12 bits per heavy atom. The molecular formula is C14H22N2S. The van der Waals surface area contributed by atoms with Crippen LogP contribution in [0.4, 0.5) is 0 Å². The normalized spacial score (nSPS) is 33.6. The first-order valence-corrected chi connectivity index (χ1v) is 7.33. The predicted octanol–water partition coefficient (Wildman–Crippen LogP) is 3.20. The molecule has 1 heterocycles. The lowest BCUT2D eigenvalue weighted by Crippen LogP contribution is -2.44. The zero-order valence-corrected chi connectivity index (χ0v) is 11.7. The Balaban J connectivity index is 2.07. The third-order valence-electron chi connectivity index (χ3n) is 3.65. The number of hydrogen-bond donors (Lipinski definition) is 1. The molecule has 1 aromatic rings. The van der Waals surface area contributed by atoms with Crippen LogP contribution in [0, 0.1) is 11.8 Å². The lowest BCUT2D eigenvalue weighted by atomic mass is 9.80. The molecule has 4 atom stereocenters. The number of hydrogen-bond acceptors (Lipinski definition) is 3. The number of pyridine rings is 1. The number of nitrogens with one attached hydrogen (secondary N) is 1. The van der Waals surface area contributed by atoms with Gasteiger partial charge in [0.1, 0.15) is 0 Å². The third-order valence-corrected chi connectivity index (χ3v) is 5.20. The maximum absolute atomic E-state index is 4.43. The molecule has 2 nitrogen and oxygen atoms in total. The van der Waals surface area contributed by atoms with E-state index in [0.29, 0.717) is 11.3 Å². The van der Waals surface area contributed by atoms with Crippen molar-refractivity contribution in [2.24, 2.45) is 11.8 Å². The predicted molar refractivity (Wildman–Crippen MR) is 74.3 cm³/mol. The van der Waals surface area contributed by atoms with E-state index in [1.54, 1.807) is 0 Å². The molecule has 94 valence electrons. The molecule has 4 unspecified atom stereocenters. The van der Waals surface area contributed by atoms with Crippen molar-refractivity contribution in [2.75, 3.05) is 7.05 Å². The summed E-state index contributed by atoms with van der Waals surface area (Å²) in [4.78, 5) is 4.43. The molecule has 1 saturated carbocycles. The minimum Gasteiger partial charge on any atom is -0.316 e. The summed E-state index contributed by atoms with van der Waals surface area (Å²) < 4.78 is 0. The van der Waals surface area contributed by atoms with E-state index in [9.17, 15) is 0 Å². The average molecular weight is 250 g/mol. The number of thioether (sulfide) groups is 1. The highest BCUT2D eigenvalue weighted by Crippen LogP contribution is 2.38. The van der Waals surface area contributed by atoms with Gasteiger partial charge in [-0.3, -0.25) is 0 Å². The van der Waals surface area contributed by atoms with Crippen LogP contribution in [-0.4, -0.2) is 23.3 Å². The molecule has 3 heteroatoms. The zero-order chi connectivity index (χ0) is 12.3. The fraction of sp³-hybridized carbons (Fsp3) is 0.643. The van der Waals surface area contributed by atoms with E-state index >= 15 is 0 Å². The van der Waals surface area contributed by atoms with Gasteiger partial charge in [0.25, 0.3) is 0 Å². The molecule has 17 heavy (non-hydrogen) atoms. The van der Waals surface area contributed by atoms with Gasteiger partial charge in [-0.05, 0) is 43.9 Å². The Hall–Kier alpha value is -0.540. The standard InChI is InChI=1S/C14H22N2S/c1-10-8-11(2)14(12(9-10)15-3)17-13-6-4-5-7-16-13/h4-7,10-12,14-15H,8-9H2,1-3H3. The Bertz CT molecular complexity index is 341. The second-order valence-corrected chi connectivity index (χ2v) is 6.40. The van der Waals surface area contributed by atoms with Crippen molar-refractivity contribution in [3.8, 4) is 0 Å². The largest absolute Gasteiger partial charge is 0.316 e. The molecule has 0 spiro atoms. The Kier molecular flexibility index (Phi) is 4.46. The lowest BCUT2D eigenvalue weighted by molar-refractivity contribution is 0.257. The average Bonchev–Trinajstić information content (AvgIpc) is 2.33. The maximum Gasteiger partial charge on any atom is 0.0963 e. The molecule has 0 radical (unpaired) electrons. The molecule has 1 fully saturated rings. The van der Waals surface area contributed by atoms with Gasteiger partial charge in [0.2, 0.25) is 0 Å². The van der Waals surface area contributed by atoms with Crippen molar-refractivity contribution in [3.63, 3.8) is 0 Å². The first-order valence-electron chi connectivity index (χ1n) is 6.45. The van der Waals surface area contributed by atoms with Crippen molar-refractivity contribution < 1.29 is 0 Å². The summed E-state index contributed by atoms with van der Waals surface area (Å²) in [7, 11) is 2.08. The van der Waals surface area contributed by atoms with Gasteiger partial charge in [-0.15, -0.1) is 11.8 Å². The van der Waals surface area contributed by atoms with Gasteiger partial charge in [0.15, 0.2) is 0 Å². The molecule has 1 aliphatic carbocycles. The van der Waals surface area contributed by atoms with Crippen molar-refractivity contribution in [3.05, 3.63) is 24.4 Å². The van der Waals surface area contributed by atoms with Gasteiger partial charge in [-0.1, -0.05) is 19.9 Å². The van der Waals surface area contributed by atoms with Crippen LogP contribution >= 0.6 is 11.8 Å². The van der Waals surface area contributed by atoms with E-state index in [0.717, 1.165) is 16.9 Å². The summed E-state index contributed by atoms with van der Waals surface area (Å²) in [6.07, 6.45) is 4.50. The monoisotopic (exact) mass is 250 g/mol. The van der Waals surface area contributed by atoms with E-state index in [1.807, 2.05) is 24.0 Å². The number of rotatable bonds is 3. The van der Waals surface area contributed by atoms with Gasteiger partial charge in [0, 0.05) is 17.5 Å². The molecular weight excluding hydrogens is 228 g/mol. The van der Waals surface area contributed by atoms with Crippen molar-refractivity contribution in [2.45, 2.75) is 43.0 Å². The quantitative estimate of drug-likeness (QED) is 0.892. The van der Waals surface area contributed by atoms with E-state index in [4.69, 9.17) is 0 Å². The topological polar surface area (TPSA) is 24.9 Å². The first kappa shape index (κ1) is 12.9. The van der Waals surface area contributed by atoms with Crippen LogP contribution in [-0.2, 0) is 0 Å². The molecule has 1 aromatic heterocycles. The third kappa shape index (κ3) is 3.23. The smallest absolute Gasteiger partial charge is 0.0963 e. The minimum absolute atomic E-state index is 0.612. The molecule has 0 bridgehead atoms. The summed E-state index contributed by atoms with van der Waals surface area (Å²) in [6.45, 7) is 4.74. The van der Waals surface area contributed by atoms with E-state index in [-0.39, 0.29) is 0 Å². The highest BCUT2D eigenvalue weighted by Gasteiger charge is 2.33. The van der Waals surface area contributed by atoms with Crippen molar-refractivity contribution >= 4 is 11.8 Å². The Morgan fingerprint density at radius 3 is 2.76 bits per heavy atom. The second kappa shape index (κ2) is 5.87. The SMILES string of the molecule is CNC1CC(C)CC(C)C1Sc1ccccn1. The molecule has 0 aliphatic heterocycles. The molecule has 0 saturated heterocycles. The summed E-state index contributed by atoms with van der Waals surface area (Å²) >= 11 is 1.93. The van der Waals surface area contributed by atoms with Crippen LogP contribution in [0.5, 0.6) is 0 Å². The van der Waals surface area contributed by atoms with Crippen molar-refractivity contribution in [1.82, 2.24) is 10.3 Å². The van der Waals surface area contributed by atoms with Crippen molar-refractivity contribution in [1.29, 1.82) is 0 Å². The summed E-state index contributed by atoms with van der Waals surface area (Å²) in [5.41, 5.74) is 0. The Labute approximate surface area is 109 Å². The zero-order valence-electron chi connectivity index (χ0n) is 10.9. The molecule has 0 aromatic carbocycles. The summed E-state index contributed by atoms with van der Waals surface area (Å²) in [5, 5.41) is 5.28. The highest BCUT2D eigenvalue weighted by molar-refractivity contribution is 7.99. The summed E-state index contributed by atoms with van der Waals surface area (Å²) in [5.74, 6) is 1.59. The maximum atomic E-state index is 4.43. The van der Waals surface area contributed by atoms with Crippen LogP contribution in [0.1, 0.15) is 26.7 Å². The number of aromatic nitrogens is 1. The van der Waals surface area contributed by atoms with Gasteiger partial charge in [0.05, 0.1) is 5.03 Å². The van der Waals surface area contributed by atoms with E-state index in [2.05, 4.69) is 43.3 Å².